The van der Waals surface area contributed by atoms with Crippen LogP contribution in [0.1, 0.15) is 16.1 Å². The molecule has 3 aromatic rings. The Balaban J connectivity index is 1.48. The first-order valence-corrected chi connectivity index (χ1v) is 8.34. The van der Waals surface area contributed by atoms with Crippen LogP contribution in [-0.4, -0.2) is 36.3 Å². The number of amides is 1. The Kier molecular flexibility index (Phi) is 5.88. The van der Waals surface area contributed by atoms with E-state index in [2.05, 4.69) is 20.8 Å². The molecule has 0 saturated carbocycles. The highest BCUT2D eigenvalue weighted by Crippen LogP contribution is 2.17. The number of hydrogen-bond donors (Lipinski definition) is 2. The zero-order valence-electron chi connectivity index (χ0n) is 15.1. The summed E-state index contributed by atoms with van der Waals surface area (Å²) in [4.78, 5) is 16.3. The fourth-order valence-electron chi connectivity index (χ4n) is 2.31. The predicted octanol–water partition coefficient (Wildman–Crippen LogP) is 2.94. The Morgan fingerprint density at radius 2 is 1.93 bits per heavy atom. The highest BCUT2D eigenvalue weighted by molar-refractivity contribution is 5.94. The first-order valence-electron chi connectivity index (χ1n) is 8.34. The molecule has 2 N–H and O–H groups in total. The van der Waals surface area contributed by atoms with E-state index in [1.165, 1.54) is 6.20 Å². The van der Waals surface area contributed by atoms with Crippen LogP contribution < -0.4 is 20.1 Å². The van der Waals surface area contributed by atoms with Crippen LogP contribution in [0.5, 0.6) is 11.5 Å². The average molecular weight is 368 g/mol. The first kappa shape index (κ1) is 18.2. The van der Waals surface area contributed by atoms with Crippen LogP contribution in [0.2, 0.25) is 0 Å². The molecule has 0 fully saturated rings. The van der Waals surface area contributed by atoms with Gasteiger partial charge in [-0.3, -0.25) is 9.78 Å². The van der Waals surface area contributed by atoms with Gasteiger partial charge in [-0.2, -0.15) is 0 Å². The molecule has 0 aliphatic heterocycles. The molecule has 140 valence electrons. The third-order valence-electron chi connectivity index (χ3n) is 3.62. The van der Waals surface area contributed by atoms with Crippen LogP contribution in [-0.2, 0) is 0 Å². The molecule has 27 heavy (non-hydrogen) atoms. The first-order chi connectivity index (χ1) is 13.1. The molecule has 8 heteroatoms. The van der Waals surface area contributed by atoms with Crippen LogP contribution in [0.3, 0.4) is 0 Å². The highest BCUT2D eigenvalue weighted by Gasteiger charge is 2.08. The van der Waals surface area contributed by atoms with Crippen molar-refractivity contribution >= 4 is 17.4 Å². The highest BCUT2D eigenvalue weighted by atomic mass is 16.5. The van der Waals surface area contributed by atoms with Gasteiger partial charge in [0.1, 0.15) is 23.9 Å². The van der Waals surface area contributed by atoms with Gasteiger partial charge >= 0.3 is 0 Å². The van der Waals surface area contributed by atoms with E-state index in [9.17, 15) is 4.79 Å². The molecule has 0 unspecified atom stereocenters. The lowest BCUT2D eigenvalue weighted by Crippen LogP contribution is -2.28. The van der Waals surface area contributed by atoms with Crippen LogP contribution in [0, 0.1) is 6.92 Å². The molecule has 3 rings (SSSR count). The number of pyridine rings is 1. The van der Waals surface area contributed by atoms with Gasteiger partial charge < -0.3 is 24.6 Å². The zero-order valence-corrected chi connectivity index (χ0v) is 15.1. The van der Waals surface area contributed by atoms with E-state index in [1.54, 1.807) is 32.4 Å². The second-order valence-electron chi connectivity index (χ2n) is 5.69. The van der Waals surface area contributed by atoms with Crippen molar-refractivity contribution in [3.05, 3.63) is 60.1 Å². The lowest BCUT2D eigenvalue weighted by molar-refractivity contribution is 0.0946. The number of nitrogens with one attached hydrogen (secondary N) is 2. The standard InChI is InChI=1S/C19H20N4O4/c1-13-9-18(23-27-13)22-15-10-14(11-20-12-15)19(24)21-7-8-26-17-5-3-16(25-2)4-6-17/h3-6,9-12H,7-8H2,1-2H3,(H,21,24)(H,22,23). The maximum atomic E-state index is 12.3. The van der Waals surface area contributed by atoms with Gasteiger partial charge in [0.15, 0.2) is 5.82 Å². The number of aromatic nitrogens is 2. The van der Waals surface area contributed by atoms with Gasteiger partial charge in [-0.15, -0.1) is 0 Å². The molecule has 0 aliphatic carbocycles. The van der Waals surface area contributed by atoms with Crippen molar-refractivity contribution in [3.63, 3.8) is 0 Å². The summed E-state index contributed by atoms with van der Waals surface area (Å²) >= 11 is 0. The van der Waals surface area contributed by atoms with Crippen LogP contribution in [0.15, 0.2) is 53.3 Å². The number of methoxy groups -OCH3 is 1. The zero-order chi connectivity index (χ0) is 19.1. The maximum absolute atomic E-state index is 12.3. The van der Waals surface area contributed by atoms with Crippen molar-refractivity contribution < 1.29 is 18.8 Å². The van der Waals surface area contributed by atoms with E-state index in [0.717, 1.165) is 5.75 Å². The predicted molar refractivity (Wildman–Crippen MR) is 99.6 cm³/mol. The number of carbonyl (C=O) groups is 1. The fraction of sp³-hybridized carbons (Fsp3) is 0.211. The lowest BCUT2D eigenvalue weighted by atomic mass is 10.2. The molecule has 0 bridgehead atoms. The Hall–Kier alpha value is -3.55. The van der Waals surface area contributed by atoms with Gasteiger partial charge in [0.2, 0.25) is 0 Å². The maximum Gasteiger partial charge on any atom is 0.253 e. The number of carbonyl (C=O) groups excluding carboxylic acids is 1. The van der Waals surface area contributed by atoms with E-state index >= 15 is 0 Å². The summed E-state index contributed by atoms with van der Waals surface area (Å²) in [6.07, 6.45) is 3.10. The monoisotopic (exact) mass is 368 g/mol. The van der Waals surface area contributed by atoms with Crippen molar-refractivity contribution in [3.8, 4) is 11.5 Å². The van der Waals surface area contributed by atoms with E-state index < -0.39 is 0 Å². The van der Waals surface area contributed by atoms with Crippen LogP contribution >= 0.6 is 0 Å². The molecule has 0 radical (unpaired) electrons. The number of hydrogen-bond acceptors (Lipinski definition) is 7. The summed E-state index contributed by atoms with van der Waals surface area (Å²) in [5, 5.41) is 9.68. The third-order valence-corrected chi connectivity index (χ3v) is 3.62. The SMILES string of the molecule is COc1ccc(OCCNC(=O)c2cncc(Nc3cc(C)on3)c2)cc1. The van der Waals surface area contributed by atoms with Crippen LogP contribution in [0.4, 0.5) is 11.5 Å². The average Bonchev–Trinajstić information content (AvgIpc) is 3.10. The topological polar surface area (TPSA) is 98.5 Å². The summed E-state index contributed by atoms with van der Waals surface area (Å²) in [5.74, 6) is 2.48. The number of aryl methyl sites for hydroxylation is 1. The van der Waals surface area contributed by atoms with E-state index in [0.29, 0.717) is 41.7 Å². The summed E-state index contributed by atoms with van der Waals surface area (Å²) in [7, 11) is 1.61. The second-order valence-corrected chi connectivity index (χ2v) is 5.69. The van der Waals surface area contributed by atoms with E-state index in [1.807, 2.05) is 24.3 Å². The lowest BCUT2D eigenvalue weighted by Gasteiger charge is -2.09. The van der Waals surface area contributed by atoms with Gasteiger partial charge in [0, 0.05) is 12.3 Å². The van der Waals surface area contributed by atoms with Crippen LogP contribution in [0.25, 0.3) is 0 Å². The largest absolute Gasteiger partial charge is 0.497 e. The molecule has 8 nitrogen and oxygen atoms in total. The van der Waals surface area contributed by atoms with Gasteiger partial charge in [-0.1, -0.05) is 5.16 Å². The summed E-state index contributed by atoms with van der Waals surface area (Å²) in [6.45, 7) is 2.51. The van der Waals surface area contributed by atoms with Gasteiger partial charge in [0.25, 0.3) is 5.91 Å². The quantitative estimate of drug-likeness (QED) is 0.590. The molecule has 0 aliphatic rings. The molecule has 0 spiro atoms. The van der Waals surface area contributed by atoms with Gasteiger partial charge in [-0.05, 0) is 37.3 Å². The minimum Gasteiger partial charge on any atom is -0.497 e. The van der Waals surface area contributed by atoms with Gasteiger partial charge in [-0.25, -0.2) is 0 Å². The number of benzene rings is 1. The van der Waals surface area contributed by atoms with E-state index in [-0.39, 0.29) is 5.91 Å². The molecule has 2 heterocycles. The normalized spacial score (nSPS) is 10.3. The Labute approximate surface area is 156 Å². The van der Waals surface area contributed by atoms with Crippen molar-refractivity contribution in [2.75, 3.05) is 25.6 Å². The Bertz CT molecular complexity index is 893. The smallest absolute Gasteiger partial charge is 0.253 e. The third kappa shape index (κ3) is 5.21. The summed E-state index contributed by atoms with van der Waals surface area (Å²) < 4.78 is 15.7. The number of ether oxygens (including phenoxy) is 2. The second kappa shape index (κ2) is 8.70. The summed E-state index contributed by atoms with van der Waals surface area (Å²) in [6, 6.07) is 10.7. The minimum atomic E-state index is -0.235. The number of rotatable bonds is 8. The Morgan fingerprint density at radius 1 is 1.15 bits per heavy atom. The molecule has 2 aromatic heterocycles. The number of anilines is 2. The molecule has 0 saturated heterocycles. The van der Waals surface area contributed by atoms with Crippen molar-refractivity contribution in [1.29, 1.82) is 0 Å². The number of nitrogens with zero attached hydrogens (tertiary/aromatic N) is 2. The molecular weight excluding hydrogens is 348 g/mol. The van der Waals surface area contributed by atoms with E-state index in [4.69, 9.17) is 14.0 Å². The molecule has 1 amide bonds. The van der Waals surface area contributed by atoms with Gasteiger partial charge in [0.05, 0.1) is 31.1 Å². The summed E-state index contributed by atoms with van der Waals surface area (Å²) in [5.41, 5.74) is 1.08. The molecule has 0 atom stereocenters. The molecule has 1 aromatic carbocycles. The minimum absolute atomic E-state index is 0.235. The Morgan fingerprint density at radius 3 is 2.63 bits per heavy atom. The molecular formula is C19H20N4O4. The van der Waals surface area contributed by atoms with Crippen molar-refractivity contribution in [2.24, 2.45) is 0 Å². The van der Waals surface area contributed by atoms with Crippen molar-refractivity contribution in [1.82, 2.24) is 15.5 Å². The van der Waals surface area contributed by atoms with Crippen molar-refractivity contribution in [2.45, 2.75) is 6.92 Å². The fourth-order valence-corrected chi connectivity index (χ4v) is 2.31.